The molecule has 33 heavy (non-hydrogen) atoms. The van der Waals surface area contributed by atoms with Gasteiger partial charge in [0.25, 0.3) is 0 Å². The number of hydrogen-bond acceptors (Lipinski definition) is 4. The first-order chi connectivity index (χ1) is 16.2. The first kappa shape index (κ1) is 19.5. The number of para-hydroxylation sites is 3. The highest BCUT2D eigenvalue weighted by Crippen LogP contribution is 2.31. The molecule has 3 heterocycles. The number of hydrogen-bond donors (Lipinski definition) is 2. The molecule has 0 saturated carbocycles. The second kappa shape index (κ2) is 7.72. The third kappa shape index (κ3) is 3.30. The third-order valence-corrected chi connectivity index (χ3v) is 6.55. The van der Waals surface area contributed by atoms with E-state index in [4.69, 9.17) is 0 Å². The number of carbonyl (C=O) groups excluding carboxylic acids is 1. The molecular weight excluding hydrogens is 432 g/mol. The lowest BCUT2D eigenvalue weighted by Crippen LogP contribution is -2.21. The van der Waals surface area contributed by atoms with E-state index in [1.807, 2.05) is 76.8 Å². The molecule has 1 amide bonds. The average Bonchev–Trinajstić information content (AvgIpc) is 3.48. The lowest BCUT2D eigenvalue weighted by molar-refractivity contribution is -0.116. The number of nitrogens with one attached hydrogen (secondary N) is 2. The van der Waals surface area contributed by atoms with Crippen molar-refractivity contribution in [2.75, 3.05) is 5.32 Å². The van der Waals surface area contributed by atoms with Crippen molar-refractivity contribution in [3.63, 3.8) is 0 Å². The van der Waals surface area contributed by atoms with E-state index in [9.17, 15) is 9.59 Å². The van der Waals surface area contributed by atoms with Crippen LogP contribution in [0.1, 0.15) is 0 Å². The number of aromatic amines is 1. The second-order valence-electron chi connectivity index (χ2n) is 7.78. The maximum Gasteiger partial charge on any atom is 0.246 e. The monoisotopic (exact) mass is 450 g/mol. The van der Waals surface area contributed by atoms with E-state index in [1.54, 1.807) is 12.1 Å². The zero-order valence-electron chi connectivity index (χ0n) is 17.4. The number of thiazole rings is 1. The minimum absolute atomic E-state index is 0.0267. The van der Waals surface area contributed by atoms with Crippen molar-refractivity contribution < 1.29 is 4.79 Å². The summed E-state index contributed by atoms with van der Waals surface area (Å²) >= 11 is 1.39. The number of rotatable bonds is 4. The summed E-state index contributed by atoms with van der Waals surface area (Å²) in [6.45, 7) is 0.0727. The molecule has 0 aliphatic heterocycles. The van der Waals surface area contributed by atoms with Gasteiger partial charge in [0.2, 0.25) is 5.91 Å². The summed E-state index contributed by atoms with van der Waals surface area (Å²) < 4.78 is 1.88. The lowest BCUT2D eigenvalue weighted by atomic mass is 10.1. The molecule has 0 aliphatic rings. The number of benzene rings is 3. The van der Waals surface area contributed by atoms with Gasteiger partial charge in [0.1, 0.15) is 6.54 Å². The minimum Gasteiger partial charge on any atom is -0.360 e. The van der Waals surface area contributed by atoms with Gasteiger partial charge in [-0.15, -0.1) is 11.3 Å². The molecule has 0 bridgehead atoms. The molecule has 7 heteroatoms. The number of nitrogens with zero attached hydrogens (tertiary/aromatic N) is 2. The predicted octanol–water partition coefficient (Wildman–Crippen LogP) is 5.40. The second-order valence-corrected chi connectivity index (χ2v) is 8.64. The van der Waals surface area contributed by atoms with Gasteiger partial charge in [-0.25, -0.2) is 4.98 Å². The number of fused-ring (bicyclic) bond motifs is 3. The van der Waals surface area contributed by atoms with Gasteiger partial charge in [-0.3, -0.25) is 9.59 Å². The van der Waals surface area contributed by atoms with Gasteiger partial charge in [-0.1, -0.05) is 42.5 Å². The van der Waals surface area contributed by atoms with Crippen LogP contribution in [0, 0.1) is 0 Å². The highest BCUT2D eigenvalue weighted by atomic mass is 32.1. The first-order valence-electron chi connectivity index (χ1n) is 10.5. The van der Waals surface area contributed by atoms with Crippen molar-refractivity contribution in [1.82, 2.24) is 14.5 Å². The highest BCUT2D eigenvalue weighted by molar-refractivity contribution is 7.14. The number of H-pyrrole nitrogens is 1. The van der Waals surface area contributed by atoms with Crippen molar-refractivity contribution in [1.29, 1.82) is 0 Å². The molecule has 0 spiro atoms. The maximum absolute atomic E-state index is 13.0. The summed E-state index contributed by atoms with van der Waals surface area (Å²) in [5.41, 5.74) is 4.29. The van der Waals surface area contributed by atoms with Gasteiger partial charge in [-0.2, -0.15) is 0 Å². The summed E-state index contributed by atoms with van der Waals surface area (Å²) in [7, 11) is 0. The van der Waals surface area contributed by atoms with Gasteiger partial charge >= 0.3 is 0 Å². The molecule has 160 valence electrons. The van der Waals surface area contributed by atoms with E-state index in [2.05, 4.69) is 15.3 Å². The fourth-order valence-electron chi connectivity index (χ4n) is 4.29. The van der Waals surface area contributed by atoms with Crippen LogP contribution < -0.4 is 10.7 Å². The van der Waals surface area contributed by atoms with E-state index in [-0.39, 0.29) is 17.9 Å². The van der Waals surface area contributed by atoms with Crippen LogP contribution in [0.5, 0.6) is 0 Å². The molecule has 6 aromatic rings. The molecule has 0 aliphatic carbocycles. The van der Waals surface area contributed by atoms with E-state index in [0.717, 1.165) is 33.2 Å². The molecule has 6 nitrogen and oxygen atoms in total. The van der Waals surface area contributed by atoms with Gasteiger partial charge in [0.05, 0.1) is 16.7 Å². The number of pyridine rings is 1. The van der Waals surface area contributed by atoms with E-state index < -0.39 is 0 Å². The van der Waals surface area contributed by atoms with Crippen molar-refractivity contribution in [2.24, 2.45) is 0 Å². The van der Waals surface area contributed by atoms with Gasteiger partial charge in [0.15, 0.2) is 10.6 Å². The Morgan fingerprint density at radius 2 is 1.55 bits per heavy atom. The largest absolute Gasteiger partial charge is 0.360 e. The van der Waals surface area contributed by atoms with Crippen molar-refractivity contribution in [3.05, 3.63) is 94.6 Å². The molecule has 3 aromatic carbocycles. The van der Waals surface area contributed by atoms with Gasteiger partial charge in [0, 0.05) is 38.8 Å². The molecule has 0 atom stereocenters. The Balaban J connectivity index is 1.33. The topological polar surface area (TPSA) is 79.8 Å². The summed E-state index contributed by atoms with van der Waals surface area (Å²) in [5, 5.41) is 7.68. The normalized spacial score (nSPS) is 11.4. The molecular formula is C26H18N4O2S. The summed E-state index contributed by atoms with van der Waals surface area (Å²) in [5.74, 6) is -0.200. The average molecular weight is 451 g/mol. The number of carbonyl (C=O) groups is 1. The Morgan fingerprint density at radius 3 is 2.27 bits per heavy atom. The van der Waals surface area contributed by atoms with Gasteiger partial charge in [-0.05, 0) is 30.3 Å². The molecule has 0 radical (unpaired) electrons. The first-order valence-corrected chi connectivity index (χ1v) is 11.4. The highest BCUT2D eigenvalue weighted by Gasteiger charge is 2.15. The quantitative estimate of drug-likeness (QED) is 0.353. The van der Waals surface area contributed by atoms with Crippen LogP contribution in [0.4, 0.5) is 5.13 Å². The van der Waals surface area contributed by atoms with Crippen molar-refractivity contribution >= 4 is 55.1 Å². The minimum atomic E-state index is -0.200. The molecule has 6 rings (SSSR count). The Kier molecular flexibility index (Phi) is 4.55. The zero-order valence-corrected chi connectivity index (χ0v) is 18.2. The van der Waals surface area contributed by atoms with Crippen LogP contribution in [0.15, 0.2) is 89.2 Å². The molecule has 2 N–H and O–H groups in total. The number of aromatic nitrogens is 3. The fraction of sp³-hybridized carbons (Fsp3) is 0.0385. The van der Waals surface area contributed by atoms with Crippen LogP contribution in [-0.2, 0) is 11.3 Å². The van der Waals surface area contributed by atoms with Crippen LogP contribution in [-0.4, -0.2) is 20.4 Å². The smallest absolute Gasteiger partial charge is 0.246 e. The number of amides is 1. The summed E-state index contributed by atoms with van der Waals surface area (Å²) in [6.07, 6.45) is 1.93. The third-order valence-electron chi connectivity index (χ3n) is 5.80. The fourth-order valence-corrected chi connectivity index (χ4v) is 5.01. The van der Waals surface area contributed by atoms with E-state index in [0.29, 0.717) is 15.9 Å². The Hall–Kier alpha value is -4.23. The Labute approximate surface area is 192 Å². The molecule has 0 saturated heterocycles. The molecule has 3 aromatic heterocycles. The SMILES string of the molecule is O=C(Cn1c2ccccc2c(=O)c2ccccc21)Nc1nc(-c2c[nH]c3ccccc23)cs1. The molecule has 0 unspecified atom stereocenters. The Bertz CT molecular complexity index is 1670. The van der Waals surface area contributed by atoms with Crippen molar-refractivity contribution in [3.8, 4) is 11.3 Å². The lowest BCUT2D eigenvalue weighted by Gasteiger charge is -2.14. The van der Waals surface area contributed by atoms with Crippen molar-refractivity contribution in [2.45, 2.75) is 6.54 Å². The van der Waals surface area contributed by atoms with Crippen LogP contribution in [0.25, 0.3) is 44.0 Å². The zero-order chi connectivity index (χ0) is 22.4. The van der Waals surface area contributed by atoms with Crippen LogP contribution >= 0.6 is 11.3 Å². The van der Waals surface area contributed by atoms with E-state index >= 15 is 0 Å². The number of anilines is 1. The predicted molar refractivity (Wildman–Crippen MR) is 134 cm³/mol. The molecule has 0 fully saturated rings. The summed E-state index contributed by atoms with van der Waals surface area (Å²) in [4.78, 5) is 33.8. The van der Waals surface area contributed by atoms with E-state index in [1.165, 1.54) is 11.3 Å². The Morgan fingerprint density at radius 1 is 0.909 bits per heavy atom. The summed E-state index contributed by atoms with van der Waals surface area (Å²) in [6, 6.07) is 22.8. The maximum atomic E-state index is 13.0. The van der Waals surface area contributed by atoms with Crippen LogP contribution in [0.3, 0.4) is 0 Å². The standard InChI is InChI=1S/C26H18N4O2S/c31-24(29-26-28-21(15-33-26)19-13-27-20-10-4-1-7-16(19)20)14-30-22-11-5-2-8-17(22)25(32)18-9-3-6-12-23(18)30/h1-13,15,27H,14H2,(H,28,29,31). The van der Waals surface area contributed by atoms with Crippen LogP contribution in [0.2, 0.25) is 0 Å². The van der Waals surface area contributed by atoms with Gasteiger partial charge < -0.3 is 14.9 Å².